The van der Waals surface area contributed by atoms with Crippen molar-refractivity contribution in [1.82, 2.24) is 4.98 Å². The first-order valence-electron chi connectivity index (χ1n) is 3.15. The minimum absolute atomic E-state index is 0.218. The molecular formula is C7H6BrNO3. The van der Waals surface area contributed by atoms with Crippen molar-refractivity contribution < 1.29 is 9.90 Å². The summed E-state index contributed by atoms with van der Waals surface area (Å²) in [7, 11) is 0. The van der Waals surface area contributed by atoms with Crippen molar-refractivity contribution in [3.8, 4) is 0 Å². The summed E-state index contributed by atoms with van der Waals surface area (Å²) in [4.78, 5) is 23.8. The van der Waals surface area contributed by atoms with E-state index in [1.54, 1.807) is 6.92 Å². The van der Waals surface area contributed by atoms with Crippen LogP contribution in [-0.2, 0) is 0 Å². The number of rotatable bonds is 1. The van der Waals surface area contributed by atoms with Gasteiger partial charge < -0.3 is 10.1 Å². The second-order valence-corrected chi connectivity index (χ2v) is 3.13. The molecule has 1 aromatic heterocycles. The molecule has 0 amide bonds. The van der Waals surface area contributed by atoms with Gasteiger partial charge in [-0.3, -0.25) is 4.79 Å². The topological polar surface area (TPSA) is 70.2 Å². The Labute approximate surface area is 76.4 Å². The van der Waals surface area contributed by atoms with Crippen molar-refractivity contribution in [3.05, 3.63) is 32.2 Å². The van der Waals surface area contributed by atoms with Crippen LogP contribution >= 0.6 is 15.9 Å². The Morgan fingerprint density at radius 1 is 1.67 bits per heavy atom. The van der Waals surface area contributed by atoms with E-state index in [0.717, 1.165) is 0 Å². The quantitative estimate of drug-likeness (QED) is 0.762. The largest absolute Gasteiger partial charge is 0.477 e. The molecule has 0 bridgehead atoms. The van der Waals surface area contributed by atoms with E-state index in [1.165, 1.54) is 6.20 Å². The van der Waals surface area contributed by atoms with E-state index in [9.17, 15) is 9.59 Å². The lowest BCUT2D eigenvalue weighted by molar-refractivity contribution is 0.0694. The highest BCUT2D eigenvalue weighted by molar-refractivity contribution is 9.10. The molecule has 1 aromatic rings. The van der Waals surface area contributed by atoms with Gasteiger partial charge in [-0.05, 0) is 28.4 Å². The van der Waals surface area contributed by atoms with Gasteiger partial charge in [-0.25, -0.2) is 4.79 Å². The van der Waals surface area contributed by atoms with Crippen molar-refractivity contribution in [2.45, 2.75) is 6.92 Å². The summed E-state index contributed by atoms with van der Waals surface area (Å²) in [6, 6.07) is 0. The van der Waals surface area contributed by atoms with Crippen molar-refractivity contribution in [2.75, 3.05) is 0 Å². The highest BCUT2D eigenvalue weighted by Gasteiger charge is 2.13. The molecule has 1 heterocycles. The third kappa shape index (κ3) is 1.40. The van der Waals surface area contributed by atoms with Crippen LogP contribution in [0.5, 0.6) is 0 Å². The van der Waals surface area contributed by atoms with E-state index >= 15 is 0 Å². The maximum atomic E-state index is 11.0. The van der Waals surface area contributed by atoms with Crippen molar-refractivity contribution >= 4 is 21.9 Å². The van der Waals surface area contributed by atoms with E-state index in [0.29, 0.717) is 10.0 Å². The highest BCUT2D eigenvalue weighted by Crippen LogP contribution is 2.14. The Morgan fingerprint density at radius 3 is 2.67 bits per heavy atom. The number of carbonyl (C=O) groups is 1. The summed E-state index contributed by atoms with van der Waals surface area (Å²) in [5.41, 5.74) is -0.362. The molecule has 12 heavy (non-hydrogen) atoms. The molecule has 64 valence electrons. The fraction of sp³-hybridized carbons (Fsp3) is 0.143. The number of hydrogen-bond donors (Lipinski definition) is 2. The monoisotopic (exact) mass is 231 g/mol. The molecule has 0 aliphatic rings. The average molecular weight is 232 g/mol. The molecule has 0 saturated carbocycles. The summed E-state index contributed by atoms with van der Waals surface area (Å²) in [6.45, 7) is 1.57. The maximum Gasteiger partial charge on any atom is 0.341 e. The number of H-pyrrole nitrogens is 1. The zero-order valence-corrected chi connectivity index (χ0v) is 7.81. The number of nitrogens with one attached hydrogen (secondary N) is 1. The Balaban J connectivity index is 3.54. The van der Waals surface area contributed by atoms with E-state index in [2.05, 4.69) is 20.9 Å². The lowest BCUT2D eigenvalue weighted by atomic mass is 10.2. The molecule has 2 N–H and O–H groups in total. The predicted molar refractivity (Wildman–Crippen MR) is 46.5 cm³/mol. The number of carboxylic acids is 1. The summed E-state index contributed by atoms with van der Waals surface area (Å²) in [5, 5.41) is 8.63. The van der Waals surface area contributed by atoms with E-state index < -0.39 is 11.5 Å². The van der Waals surface area contributed by atoms with Crippen LogP contribution in [0.3, 0.4) is 0 Å². The third-order valence-electron chi connectivity index (χ3n) is 1.50. The number of aromatic nitrogens is 1. The van der Waals surface area contributed by atoms with Crippen LogP contribution < -0.4 is 5.56 Å². The molecule has 0 aromatic carbocycles. The van der Waals surface area contributed by atoms with Crippen LogP contribution in [0.25, 0.3) is 0 Å². The Kier molecular flexibility index (Phi) is 2.32. The standard InChI is InChI=1S/C7H6BrNO3/c1-3-4(8)2-9-6(10)5(3)7(11)12/h2H,1H3,(H,9,10)(H,11,12). The second kappa shape index (κ2) is 3.10. The first-order chi connectivity index (χ1) is 5.54. The molecule has 0 radical (unpaired) electrons. The number of aromatic carboxylic acids is 1. The van der Waals surface area contributed by atoms with Gasteiger partial charge in [0.1, 0.15) is 5.56 Å². The van der Waals surface area contributed by atoms with Crippen LogP contribution in [0.15, 0.2) is 15.5 Å². The van der Waals surface area contributed by atoms with Gasteiger partial charge >= 0.3 is 5.97 Å². The van der Waals surface area contributed by atoms with Crippen molar-refractivity contribution in [2.24, 2.45) is 0 Å². The molecule has 0 aliphatic carbocycles. The Morgan fingerprint density at radius 2 is 2.25 bits per heavy atom. The van der Waals surface area contributed by atoms with Crippen LogP contribution in [0, 0.1) is 6.92 Å². The highest BCUT2D eigenvalue weighted by atomic mass is 79.9. The van der Waals surface area contributed by atoms with Gasteiger partial charge in [0.05, 0.1) is 0 Å². The lowest BCUT2D eigenvalue weighted by Gasteiger charge is -2.00. The summed E-state index contributed by atoms with van der Waals surface area (Å²) < 4.78 is 0.583. The predicted octanol–water partition coefficient (Wildman–Crippen LogP) is 1.14. The van der Waals surface area contributed by atoms with Crippen molar-refractivity contribution in [3.63, 3.8) is 0 Å². The van der Waals surface area contributed by atoms with Gasteiger partial charge in [-0.1, -0.05) is 0 Å². The van der Waals surface area contributed by atoms with Crippen LogP contribution in [0.2, 0.25) is 0 Å². The molecule has 0 atom stereocenters. The maximum absolute atomic E-state index is 11.0. The molecule has 1 rings (SSSR count). The number of hydrogen-bond acceptors (Lipinski definition) is 2. The first kappa shape index (κ1) is 8.99. The molecule has 4 nitrogen and oxygen atoms in total. The summed E-state index contributed by atoms with van der Waals surface area (Å²) in [5.74, 6) is -1.21. The van der Waals surface area contributed by atoms with Crippen LogP contribution in [-0.4, -0.2) is 16.1 Å². The van der Waals surface area contributed by atoms with E-state index in [1.807, 2.05) is 0 Å². The lowest BCUT2D eigenvalue weighted by Crippen LogP contribution is -2.19. The van der Waals surface area contributed by atoms with E-state index in [4.69, 9.17) is 5.11 Å². The molecule has 0 aliphatic heterocycles. The molecule has 0 fully saturated rings. The summed E-state index contributed by atoms with van der Waals surface area (Å²) >= 11 is 3.12. The number of pyridine rings is 1. The van der Waals surface area contributed by atoms with Gasteiger partial charge in [-0.2, -0.15) is 0 Å². The molecule has 0 unspecified atom stereocenters. The number of aromatic amines is 1. The SMILES string of the molecule is Cc1c(Br)c[nH]c(=O)c1C(=O)O. The Bertz CT molecular complexity index is 383. The van der Waals surface area contributed by atoms with Gasteiger partial charge in [0.25, 0.3) is 5.56 Å². The fourth-order valence-electron chi connectivity index (χ4n) is 0.857. The molecule has 5 heteroatoms. The first-order valence-corrected chi connectivity index (χ1v) is 3.94. The fourth-order valence-corrected chi connectivity index (χ4v) is 1.17. The van der Waals surface area contributed by atoms with Gasteiger partial charge in [-0.15, -0.1) is 0 Å². The van der Waals surface area contributed by atoms with Gasteiger partial charge in [0.2, 0.25) is 0 Å². The van der Waals surface area contributed by atoms with Crippen LogP contribution in [0.1, 0.15) is 15.9 Å². The van der Waals surface area contributed by atoms with Crippen LogP contribution in [0.4, 0.5) is 0 Å². The van der Waals surface area contributed by atoms with Crippen molar-refractivity contribution in [1.29, 1.82) is 0 Å². The zero-order valence-electron chi connectivity index (χ0n) is 6.22. The minimum Gasteiger partial charge on any atom is -0.477 e. The molecule has 0 saturated heterocycles. The smallest absolute Gasteiger partial charge is 0.341 e. The Hall–Kier alpha value is -1.10. The summed E-state index contributed by atoms with van der Waals surface area (Å²) in [6.07, 6.45) is 1.42. The average Bonchev–Trinajstić information content (AvgIpc) is 1.97. The zero-order chi connectivity index (χ0) is 9.30. The van der Waals surface area contributed by atoms with Gasteiger partial charge in [0.15, 0.2) is 0 Å². The minimum atomic E-state index is -1.21. The third-order valence-corrected chi connectivity index (χ3v) is 2.33. The normalized spacial score (nSPS) is 9.83. The number of halogens is 1. The number of carboxylic acid groups (broad SMARTS) is 1. The van der Waals surface area contributed by atoms with E-state index in [-0.39, 0.29) is 5.56 Å². The molecule has 0 spiro atoms. The molecular weight excluding hydrogens is 226 g/mol. The van der Waals surface area contributed by atoms with Gasteiger partial charge in [0, 0.05) is 10.7 Å². The second-order valence-electron chi connectivity index (χ2n) is 2.27.